The first-order valence-corrected chi connectivity index (χ1v) is 8.70. The molecule has 1 fully saturated rings. The Bertz CT molecular complexity index is 616. The molecular weight excluding hydrogens is 319 g/mol. The summed E-state index contributed by atoms with van der Waals surface area (Å²) in [6.07, 6.45) is -4.39. The average Bonchev–Trinajstić information content (AvgIpc) is 2.39. The van der Waals surface area contributed by atoms with Gasteiger partial charge in [-0.25, -0.2) is 8.42 Å². The summed E-state index contributed by atoms with van der Waals surface area (Å²) in [6.45, 7) is 1.20. The van der Waals surface area contributed by atoms with Crippen LogP contribution < -0.4 is 4.74 Å². The number of alkyl halides is 3. The van der Waals surface area contributed by atoms with Crippen molar-refractivity contribution in [3.63, 3.8) is 0 Å². The van der Waals surface area contributed by atoms with Gasteiger partial charge >= 0.3 is 6.18 Å². The maximum Gasteiger partial charge on any atom is 0.422 e. The van der Waals surface area contributed by atoms with E-state index in [4.69, 9.17) is 4.74 Å². The van der Waals surface area contributed by atoms with Gasteiger partial charge in [0.1, 0.15) is 5.75 Å². The van der Waals surface area contributed by atoms with Gasteiger partial charge in [0.05, 0.1) is 11.5 Å². The third-order valence-electron chi connectivity index (χ3n) is 3.55. The van der Waals surface area contributed by atoms with Crippen LogP contribution in [-0.4, -0.2) is 50.2 Å². The lowest BCUT2D eigenvalue weighted by Gasteiger charge is -2.33. The lowest BCUT2D eigenvalue weighted by Crippen LogP contribution is -2.46. The Balaban J connectivity index is 2.07. The second-order valence-electron chi connectivity index (χ2n) is 5.45. The van der Waals surface area contributed by atoms with Gasteiger partial charge in [-0.2, -0.15) is 13.2 Å². The Labute approximate surface area is 127 Å². The van der Waals surface area contributed by atoms with Gasteiger partial charge in [-0.15, -0.1) is 0 Å². The molecule has 1 aliphatic rings. The summed E-state index contributed by atoms with van der Waals surface area (Å²) in [4.78, 5) is 1.94. The maximum atomic E-state index is 12.3. The van der Waals surface area contributed by atoms with Crippen molar-refractivity contribution < 1.29 is 26.3 Å². The third kappa shape index (κ3) is 4.88. The van der Waals surface area contributed by atoms with Gasteiger partial charge in [0, 0.05) is 24.7 Å². The van der Waals surface area contributed by atoms with Crippen LogP contribution in [0.25, 0.3) is 0 Å². The van der Waals surface area contributed by atoms with Crippen molar-refractivity contribution in [2.45, 2.75) is 25.7 Å². The Hall–Kier alpha value is -1.28. The van der Waals surface area contributed by atoms with E-state index in [1.807, 2.05) is 4.90 Å². The predicted molar refractivity (Wildman–Crippen MR) is 76.5 cm³/mol. The zero-order valence-electron chi connectivity index (χ0n) is 12.1. The maximum absolute atomic E-state index is 12.3. The minimum atomic E-state index is -4.39. The van der Waals surface area contributed by atoms with Crippen LogP contribution in [0.2, 0.25) is 0 Å². The molecule has 0 saturated carbocycles. The SMILES string of the molecule is C[C@@H]1CS(=O)(=O)CCN1Cc1ccccc1OCC(F)(F)F. The summed E-state index contributed by atoms with van der Waals surface area (Å²) in [5.41, 5.74) is 0.623. The van der Waals surface area contributed by atoms with Crippen molar-refractivity contribution in [3.8, 4) is 5.75 Å². The van der Waals surface area contributed by atoms with Gasteiger partial charge in [0.25, 0.3) is 0 Å². The highest BCUT2D eigenvalue weighted by molar-refractivity contribution is 7.91. The van der Waals surface area contributed by atoms with Crippen molar-refractivity contribution in [2.75, 3.05) is 24.7 Å². The van der Waals surface area contributed by atoms with Gasteiger partial charge in [-0.1, -0.05) is 18.2 Å². The predicted octanol–water partition coefficient (Wildman–Crippen LogP) is 2.25. The van der Waals surface area contributed by atoms with E-state index >= 15 is 0 Å². The molecule has 0 aromatic heterocycles. The number of halogens is 3. The molecule has 1 aromatic rings. The highest BCUT2D eigenvalue weighted by Crippen LogP contribution is 2.25. The van der Waals surface area contributed by atoms with E-state index in [-0.39, 0.29) is 23.3 Å². The van der Waals surface area contributed by atoms with Crippen molar-refractivity contribution in [3.05, 3.63) is 29.8 Å². The lowest BCUT2D eigenvalue weighted by molar-refractivity contribution is -0.153. The van der Waals surface area contributed by atoms with Crippen LogP contribution >= 0.6 is 0 Å². The molecule has 1 heterocycles. The minimum absolute atomic E-state index is 0.0680. The normalized spacial score (nSPS) is 22.5. The van der Waals surface area contributed by atoms with Crippen molar-refractivity contribution >= 4 is 9.84 Å². The summed E-state index contributed by atoms with van der Waals surface area (Å²) >= 11 is 0. The molecule has 0 unspecified atom stereocenters. The van der Waals surface area contributed by atoms with Crippen LogP contribution in [0.3, 0.4) is 0 Å². The number of para-hydroxylation sites is 1. The molecule has 0 amide bonds. The summed E-state index contributed by atoms with van der Waals surface area (Å²) in [7, 11) is -3.02. The number of nitrogens with zero attached hydrogens (tertiary/aromatic N) is 1. The van der Waals surface area contributed by atoms with Crippen molar-refractivity contribution in [1.82, 2.24) is 4.90 Å². The summed E-state index contributed by atoms with van der Waals surface area (Å²) in [5, 5.41) is 0. The molecule has 0 bridgehead atoms. The third-order valence-corrected chi connectivity index (χ3v) is 5.34. The molecule has 4 nitrogen and oxygen atoms in total. The molecule has 8 heteroatoms. The standard InChI is InChI=1S/C14H18F3NO3S/c1-11-9-22(19,20)7-6-18(11)8-12-4-2-3-5-13(12)21-10-14(15,16)17/h2-5,11H,6-10H2,1H3/t11-/m1/s1. The Morgan fingerprint density at radius 1 is 1.32 bits per heavy atom. The Kier molecular flexibility index (Phi) is 5.01. The second-order valence-corrected chi connectivity index (χ2v) is 7.67. The Morgan fingerprint density at radius 3 is 2.64 bits per heavy atom. The van der Waals surface area contributed by atoms with Crippen LogP contribution in [0.15, 0.2) is 24.3 Å². The van der Waals surface area contributed by atoms with E-state index in [1.165, 1.54) is 6.07 Å². The molecule has 1 aromatic carbocycles. The molecule has 0 N–H and O–H groups in total. The summed E-state index contributed by atoms with van der Waals surface area (Å²) < 4.78 is 64.8. The van der Waals surface area contributed by atoms with Crippen LogP contribution in [-0.2, 0) is 16.4 Å². The van der Waals surface area contributed by atoms with E-state index in [1.54, 1.807) is 25.1 Å². The quantitative estimate of drug-likeness (QED) is 0.845. The van der Waals surface area contributed by atoms with E-state index in [0.717, 1.165) is 0 Å². The van der Waals surface area contributed by atoms with Gasteiger partial charge in [0.15, 0.2) is 16.4 Å². The molecule has 1 saturated heterocycles. The van der Waals surface area contributed by atoms with Crippen LogP contribution in [0, 0.1) is 0 Å². The number of hydrogen-bond acceptors (Lipinski definition) is 4. The average molecular weight is 337 g/mol. The molecule has 124 valence electrons. The van der Waals surface area contributed by atoms with Gasteiger partial charge in [0.2, 0.25) is 0 Å². The molecule has 1 aliphatic heterocycles. The molecular formula is C14H18F3NO3S. The van der Waals surface area contributed by atoms with Crippen LogP contribution in [0.5, 0.6) is 5.75 Å². The zero-order chi connectivity index (χ0) is 16.4. The number of rotatable bonds is 4. The number of benzene rings is 1. The van der Waals surface area contributed by atoms with Crippen molar-refractivity contribution in [2.24, 2.45) is 0 Å². The number of sulfone groups is 1. The fourth-order valence-corrected chi connectivity index (χ4v) is 4.05. The lowest BCUT2D eigenvalue weighted by atomic mass is 10.1. The molecule has 0 radical (unpaired) electrons. The number of ether oxygens (including phenoxy) is 1. The van der Waals surface area contributed by atoms with Gasteiger partial charge in [-0.05, 0) is 13.0 Å². The van der Waals surface area contributed by atoms with E-state index < -0.39 is 22.6 Å². The Morgan fingerprint density at radius 2 is 2.00 bits per heavy atom. The molecule has 0 aliphatic carbocycles. The molecule has 2 rings (SSSR count). The summed E-state index contributed by atoms with van der Waals surface area (Å²) in [6, 6.07) is 6.35. The smallest absolute Gasteiger partial charge is 0.422 e. The van der Waals surface area contributed by atoms with E-state index in [9.17, 15) is 21.6 Å². The van der Waals surface area contributed by atoms with E-state index in [2.05, 4.69) is 0 Å². The van der Waals surface area contributed by atoms with E-state index in [0.29, 0.717) is 18.7 Å². The monoisotopic (exact) mass is 337 g/mol. The number of hydrogen-bond donors (Lipinski definition) is 0. The summed E-state index contributed by atoms with van der Waals surface area (Å²) in [5.74, 6) is 0.321. The minimum Gasteiger partial charge on any atom is -0.484 e. The molecule has 22 heavy (non-hydrogen) atoms. The highest BCUT2D eigenvalue weighted by Gasteiger charge is 2.30. The largest absolute Gasteiger partial charge is 0.484 e. The van der Waals surface area contributed by atoms with Crippen LogP contribution in [0.4, 0.5) is 13.2 Å². The van der Waals surface area contributed by atoms with Gasteiger partial charge in [-0.3, -0.25) is 4.90 Å². The van der Waals surface area contributed by atoms with Crippen LogP contribution in [0.1, 0.15) is 12.5 Å². The fraction of sp³-hybridized carbons (Fsp3) is 0.571. The molecule has 0 spiro atoms. The first-order valence-electron chi connectivity index (χ1n) is 6.88. The van der Waals surface area contributed by atoms with Gasteiger partial charge < -0.3 is 4.74 Å². The topological polar surface area (TPSA) is 46.6 Å². The first kappa shape index (κ1) is 17.1. The zero-order valence-corrected chi connectivity index (χ0v) is 13.0. The fourth-order valence-electron chi connectivity index (χ4n) is 2.42. The highest BCUT2D eigenvalue weighted by atomic mass is 32.2. The second kappa shape index (κ2) is 6.45. The molecule has 1 atom stereocenters. The first-order chi connectivity index (χ1) is 10.2. The van der Waals surface area contributed by atoms with Crippen molar-refractivity contribution in [1.29, 1.82) is 0 Å².